The minimum absolute atomic E-state index is 0.0813. The predicted molar refractivity (Wildman–Crippen MR) is 73.0 cm³/mol. The minimum Gasteiger partial charge on any atom is -0.479 e. The van der Waals surface area contributed by atoms with Crippen molar-refractivity contribution in [1.82, 2.24) is 4.90 Å². The zero-order valence-electron chi connectivity index (χ0n) is 12.1. The van der Waals surface area contributed by atoms with E-state index >= 15 is 0 Å². The molecule has 0 radical (unpaired) electrons. The third-order valence-electron chi connectivity index (χ3n) is 2.85. The summed E-state index contributed by atoms with van der Waals surface area (Å²) in [5, 5.41) is 9.09. The molecule has 0 bridgehead atoms. The van der Waals surface area contributed by atoms with Crippen LogP contribution in [0.3, 0.4) is 0 Å². The van der Waals surface area contributed by atoms with Gasteiger partial charge in [0.1, 0.15) is 0 Å². The monoisotopic (exact) mass is 288 g/mol. The average molecular weight is 288 g/mol. The van der Waals surface area contributed by atoms with E-state index in [1.807, 2.05) is 0 Å². The minimum atomic E-state index is -1.62. The molecule has 7 heteroatoms. The van der Waals surface area contributed by atoms with Crippen LogP contribution in [0.15, 0.2) is 0 Å². The van der Waals surface area contributed by atoms with Crippen LogP contribution in [0.5, 0.6) is 0 Å². The van der Waals surface area contributed by atoms with Crippen molar-refractivity contribution in [3.05, 3.63) is 0 Å². The van der Waals surface area contributed by atoms with Gasteiger partial charge >= 0.3 is 11.9 Å². The highest BCUT2D eigenvalue weighted by molar-refractivity contribution is 6.01. The number of esters is 1. The van der Waals surface area contributed by atoms with Gasteiger partial charge in [0, 0.05) is 6.54 Å². The normalized spacial score (nSPS) is 11.8. The molecule has 3 N–H and O–H groups in total. The maximum atomic E-state index is 11.8. The summed E-state index contributed by atoms with van der Waals surface area (Å²) in [6.45, 7) is 3.54. The molecule has 0 aliphatic carbocycles. The first-order valence-corrected chi connectivity index (χ1v) is 6.88. The number of rotatable bonds is 10. The Kier molecular flexibility index (Phi) is 9.36. The van der Waals surface area contributed by atoms with Crippen LogP contribution in [0.25, 0.3) is 0 Å². The van der Waals surface area contributed by atoms with Gasteiger partial charge in [-0.25, -0.2) is 9.59 Å². The lowest BCUT2D eigenvalue weighted by atomic mass is 10.2. The Balaban J connectivity index is 4.54. The molecule has 0 aromatic rings. The Hall–Kier alpha value is -1.63. The van der Waals surface area contributed by atoms with Gasteiger partial charge in [-0.1, -0.05) is 26.2 Å². The van der Waals surface area contributed by atoms with Gasteiger partial charge in [-0.05, 0) is 13.3 Å². The topological polar surface area (TPSA) is 110 Å². The van der Waals surface area contributed by atoms with Crippen LogP contribution in [-0.2, 0) is 19.1 Å². The second kappa shape index (κ2) is 10.2. The molecule has 1 atom stereocenters. The Morgan fingerprint density at radius 1 is 1.20 bits per heavy atom. The molecule has 0 aliphatic heterocycles. The molecule has 0 fully saturated rings. The van der Waals surface area contributed by atoms with Crippen molar-refractivity contribution in [3.63, 3.8) is 0 Å². The molecule has 20 heavy (non-hydrogen) atoms. The van der Waals surface area contributed by atoms with E-state index in [9.17, 15) is 14.4 Å². The third kappa shape index (κ3) is 6.01. The number of carboxylic acid groups (broad SMARTS) is 1. The van der Waals surface area contributed by atoms with Gasteiger partial charge in [0.25, 0.3) is 0 Å². The van der Waals surface area contributed by atoms with Crippen LogP contribution in [0, 0.1) is 0 Å². The van der Waals surface area contributed by atoms with Gasteiger partial charge in [-0.2, -0.15) is 0 Å². The number of nitrogens with two attached hydrogens (primary N) is 1. The maximum absolute atomic E-state index is 11.8. The number of nitrogens with zero attached hydrogens (tertiary/aromatic N) is 1. The summed E-state index contributed by atoms with van der Waals surface area (Å²) < 4.78 is 4.94. The highest BCUT2D eigenvalue weighted by Gasteiger charge is 2.35. The Morgan fingerprint density at radius 3 is 2.30 bits per heavy atom. The van der Waals surface area contributed by atoms with Crippen molar-refractivity contribution in [1.29, 1.82) is 0 Å². The first-order valence-electron chi connectivity index (χ1n) is 6.88. The molecule has 0 aromatic carbocycles. The van der Waals surface area contributed by atoms with Crippen LogP contribution in [-0.4, -0.2) is 53.6 Å². The highest BCUT2D eigenvalue weighted by Crippen LogP contribution is 2.05. The van der Waals surface area contributed by atoms with Gasteiger partial charge < -0.3 is 20.5 Å². The second-order valence-corrected chi connectivity index (χ2v) is 4.35. The number of hydrogen-bond acceptors (Lipinski definition) is 5. The van der Waals surface area contributed by atoms with Gasteiger partial charge in [0.2, 0.25) is 11.9 Å². The Bertz CT molecular complexity index is 333. The standard InChI is InChI=1S/C13H24N2O5/c1-3-5-6-7-8-20-13(19)11(12(17)18)15(4-2)10(16)9-14/h11H,3-9,14H2,1-2H3,(H,17,18). The number of hydrogen-bond donors (Lipinski definition) is 2. The van der Waals surface area contributed by atoms with Crippen LogP contribution in [0.2, 0.25) is 0 Å². The summed E-state index contributed by atoms with van der Waals surface area (Å²) >= 11 is 0. The second-order valence-electron chi connectivity index (χ2n) is 4.35. The zero-order chi connectivity index (χ0) is 15.5. The largest absolute Gasteiger partial charge is 0.479 e. The van der Waals surface area contributed by atoms with Gasteiger partial charge in [-0.15, -0.1) is 0 Å². The molecule has 0 heterocycles. The molecule has 0 rings (SSSR count). The van der Waals surface area contributed by atoms with Crippen LogP contribution >= 0.6 is 0 Å². The van der Waals surface area contributed by atoms with Crippen molar-refractivity contribution in [2.24, 2.45) is 5.73 Å². The lowest BCUT2D eigenvalue weighted by molar-refractivity contribution is -0.164. The average Bonchev–Trinajstić information content (AvgIpc) is 2.42. The number of carboxylic acids is 1. The molecule has 0 saturated heterocycles. The Labute approximate surface area is 119 Å². The molecule has 7 nitrogen and oxygen atoms in total. The van der Waals surface area contributed by atoms with Gasteiger partial charge in [-0.3, -0.25) is 4.79 Å². The summed E-state index contributed by atoms with van der Waals surface area (Å²) in [6.07, 6.45) is 3.69. The summed E-state index contributed by atoms with van der Waals surface area (Å²) in [5.74, 6) is -2.92. The highest BCUT2D eigenvalue weighted by atomic mass is 16.5. The smallest absolute Gasteiger partial charge is 0.340 e. The molecule has 0 saturated carbocycles. The lowest BCUT2D eigenvalue weighted by Gasteiger charge is -2.25. The first-order chi connectivity index (χ1) is 9.49. The molecule has 0 spiro atoms. The fourth-order valence-electron chi connectivity index (χ4n) is 1.76. The number of carbonyl (C=O) groups excluding carboxylic acids is 2. The van der Waals surface area contributed by atoms with Crippen LogP contribution in [0.1, 0.15) is 39.5 Å². The number of unbranched alkanes of at least 4 members (excludes halogenated alkanes) is 3. The zero-order valence-corrected chi connectivity index (χ0v) is 12.1. The SMILES string of the molecule is CCCCCCOC(=O)C(C(=O)O)N(CC)C(=O)CN. The summed E-state index contributed by atoms with van der Waals surface area (Å²) in [4.78, 5) is 35.4. The maximum Gasteiger partial charge on any atom is 0.340 e. The van der Waals surface area contributed by atoms with Crippen molar-refractivity contribution in [2.45, 2.75) is 45.6 Å². The molecule has 0 aliphatic rings. The van der Waals surface area contributed by atoms with E-state index in [4.69, 9.17) is 15.6 Å². The molecule has 1 amide bonds. The van der Waals surface area contributed by atoms with E-state index in [0.717, 1.165) is 24.2 Å². The van der Waals surface area contributed by atoms with E-state index < -0.39 is 23.9 Å². The summed E-state index contributed by atoms with van der Waals surface area (Å²) in [6, 6.07) is -1.62. The number of likely N-dealkylation sites (N-methyl/N-ethyl adjacent to an activating group) is 1. The summed E-state index contributed by atoms with van der Waals surface area (Å²) in [5.41, 5.74) is 5.21. The lowest BCUT2D eigenvalue weighted by Crippen LogP contribution is -2.52. The number of amides is 1. The van der Waals surface area contributed by atoms with Crippen molar-refractivity contribution in [2.75, 3.05) is 19.7 Å². The molecular weight excluding hydrogens is 264 g/mol. The van der Waals surface area contributed by atoms with E-state index in [2.05, 4.69) is 6.92 Å². The predicted octanol–water partition coefficient (Wildman–Crippen LogP) is 0.370. The van der Waals surface area contributed by atoms with Crippen LogP contribution in [0.4, 0.5) is 0 Å². The number of aliphatic carboxylic acids is 1. The van der Waals surface area contributed by atoms with Crippen molar-refractivity contribution < 1.29 is 24.2 Å². The third-order valence-corrected chi connectivity index (χ3v) is 2.85. The van der Waals surface area contributed by atoms with E-state index in [-0.39, 0.29) is 19.7 Å². The fourth-order valence-corrected chi connectivity index (χ4v) is 1.76. The van der Waals surface area contributed by atoms with Crippen molar-refractivity contribution in [3.8, 4) is 0 Å². The number of carbonyl (C=O) groups is 3. The van der Waals surface area contributed by atoms with E-state index in [0.29, 0.717) is 6.42 Å². The van der Waals surface area contributed by atoms with E-state index in [1.165, 1.54) is 0 Å². The molecular formula is C13H24N2O5. The number of ether oxygens (including phenoxy) is 1. The Morgan fingerprint density at radius 2 is 1.85 bits per heavy atom. The van der Waals surface area contributed by atoms with E-state index in [1.54, 1.807) is 6.92 Å². The molecule has 1 unspecified atom stereocenters. The molecule has 116 valence electrons. The van der Waals surface area contributed by atoms with Gasteiger partial charge in [0.15, 0.2) is 0 Å². The first kappa shape index (κ1) is 18.4. The molecule has 0 aromatic heterocycles. The van der Waals surface area contributed by atoms with Gasteiger partial charge in [0.05, 0.1) is 13.2 Å². The van der Waals surface area contributed by atoms with Crippen molar-refractivity contribution >= 4 is 17.8 Å². The quantitative estimate of drug-likeness (QED) is 0.341. The summed E-state index contributed by atoms with van der Waals surface area (Å²) in [7, 11) is 0. The fraction of sp³-hybridized carbons (Fsp3) is 0.769. The van der Waals surface area contributed by atoms with Crippen LogP contribution < -0.4 is 5.73 Å².